The predicted octanol–water partition coefficient (Wildman–Crippen LogP) is 1.71. The highest BCUT2D eigenvalue weighted by atomic mass is 32.2. The van der Waals surface area contributed by atoms with E-state index in [1.165, 1.54) is 0 Å². The summed E-state index contributed by atoms with van der Waals surface area (Å²) in [4.78, 5) is 12.8. The Morgan fingerprint density at radius 2 is 2.35 bits per heavy atom. The summed E-state index contributed by atoms with van der Waals surface area (Å²) in [6.07, 6.45) is 2.51. The highest BCUT2D eigenvalue weighted by Gasteiger charge is 2.13. The van der Waals surface area contributed by atoms with Gasteiger partial charge in [-0.15, -0.1) is 11.8 Å². The number of nitrogens with two attached hydrogens (primary N) is 1. The van der Waals surface area contributed by atoms with Crippen LogP contribution in [0.1, 0.15) is 6.42 Å². The fourth-order valence-corrected chi connectivity index (χ4v) is 1.77. The highest BCUT2D eigenvalue weighted by Crippen LogP contribution is 2.18. The Kier molecular flexibility index (Phi) is 6.04. The number of thioether (sulfide) groups is 1. The summed E-state index contributed by atoms with van der Waals surface area (Å²) in [6, 6.07) is 7.13. The smallest absolute Gasteiger partial charge is 0.241 e. The Morgan fingerprint density at radius 1 is 1.59 bits per heavy atom. The Bertz CT molecular complexity index is 371. The Balaban J connectivity index is 2.54. The van der Waals surface area contributed by atoms with Crippen LogP contribution >= 0.6 is 11.8 Å². The van der Waals surface area contributed by atoms with Crippen molar-refractivity contribution in [1.29, 1.82) is 0 Å². The van der Waals surface area contributed by atoms with Crippen LogP contribution in [0, 0.1) is 0 Å². The largest absolute Gasteiger partial charge is 0.385 e. The van der Waals surface area contributed by atoms with E-state index in [1.54, 1.807) is 18.9 Å². The molecule has 0 bridgehead atoms. The maximum absolute atomic E-state index is 11.7. The number of carbonyl (C=O) groups excluding carboxylic acids is 1. The van der Waals surface area contributed by atoms with Crippen LogP contribution in [-0.2, 0) is 9.53 Å². The molecule has 17 heavy (non-hydrogen) atoms. The van der Waals surface area contributed by atoms with Gasteiger partial charge in [0.05, 0.1) is 6.04 Å². The van der Waals surface area contributed by atoms with Crippen LogP contribution in [-0.4, -0.2) is 31.9 Å². The highest BCUT2D eigenvalue weighted by molar-refractivity contribution is 7.98. The van der Waals surface area contributed by atoms with Crippen molar-refractivity contribution < 1.29 is 9.53 Å². The van der Waals surface area contributed by atoms with Gasteiger partial charge in [0.2, 0.25) is 5.91 Å². The molecule has 0 fully saturated rings. The van der Waals surface area contributed by atoms with Gasteiger partial charge >= 0.3 is 0 Å². The van der Waals surface area contributed by atoms with Crippen LogP contribution in [0.3, 0.4) is 0 Å². The van der Waals surface area contributed by atoms with Gasteiger partial charge in [-0.05, 0) is 30.9 Å². The molecule has 0 radical (unpaired) electrons. The minimum atomic E-state index is -0.534. The van der Waals surface area contributed by atoms with E-state index in [4.69, 9.17) is 10.5 Å². The van der Waals surface area contributed by atoms with Gasteiger partial charge in [-0.3, -0.25) is 4.79 Å². The number of ether oxygens (including phenoxy) is 1. The van der Waals surface area contributed by atoms with E-state index in [0.717, 1.165) is 10.6 Å². The summed E-state index contributed by atoms with van der Waals surface area (Å²) in [5.41, 5.74) is 6.50. The third kappa shape index (κ3) is 4.77. The number of amides is 1. The molecule has 0 aliphatic rings. The number of methoxy groups -OCH3 is 1. The standard InChI is InChI=1S/C12H18N2O2S/c1-16-7-6-11(13)12(15)14-9-4-3-5-10(8-9)17-2/h3-5,8,11H,6-7,13H2,1-2H3,(H,14,15). The SMILES string of the molecule is COCCC(N)C(=O)Nc1cccc(SC)c1. The third-order valence-corrected chi connectivity index (χ3v) is 3.03. The molecule has 0 aliphatic carbocycles. The number of nitrogens with one attached hydrogen (secondary N) is 1. The summed E-state index contributed by atoms with van der Waals surface area (Å²) >= 11 is 1.63. The third-order valence-electron chi connectivity index (χ3n) is 2.31. The average Bonchev–Trinajstić information content (AvgIpc) is 2.36. The molecule has 3 N–H and O–H groups in total. The van der Waals surface area contributed by atoms with Crippen LogP contribution in [0.2, 0.25) is 0 Å². The molecule has 0 aromatic heterocycles. The molecule has 1 aromatic rings. The fraction of sp³-hybridized carbons (Fsp3) is 0.417. The molecule has 94 valence electrons. The van der Waals surface area contributed by atoms with Gasteiger partial charge in [-0.2, -0.15) is 0 Å². The van der Waals surface area contributed by atoms with Crippen LogP contribution in [0.5, 0.6) is 0 Å². The summed E-state index contributed by atoms with van der Waals surface area (Å²) in [6.45, 7) is 0.486. The number of anilines is 1. The first-order valence-corrected chi connectivity index (χ1v) is 6.59. The molecule has 1 aromatic carbocycles. The van der Waals surface area contributed by atoms with Gasteiger partial charge in [0.15, 0.2) is 0 Å². The zero-order valence-corrected chi connectivity index (χ0v) is 10.9. The van der Waals surface area contributed by atoms with Gasteiger partial charge in [-0.25, -0.2) is 0 Å². The summed E-state index contributed by atoms with van der Waals surface area (Å²) < 4.78 is 4.89. The van der Waals surface area contributed by atoms with E-state index in [2.05, 4.69) is 5.32 Å². The number of hydrogen-bond donors (Lipinski definition) is 2. The van der Waals surface area contributed by atoms with Crippen molar-refractivity contribution in [3.63, 3.8) is 0 Å². The molecule has 0 spiro atoms. The first-order valence-electron chi connectivity index (χ1n) is 5.37. The molecule has 0 heterocycles. The van der Waals surface area contributed by atoms with Crippen LogP contribution in [0.4, 0.5) is 5.69 Å². The molecule has 1 amide bonds. The number of hydrogen-bond acceptors (Lipinski definition) is 4. The topological polar surface area (TPSA) is 64.3 Å². The predicted molar refractivity (Wildman–Crippen MR) is 71.3 cm³/mol. The summed E-state index contributed by atoms with van der Waals surface area (Å²) in [5.74, 6) is -0.180. The van der Waals surface area contributed by atoms with E-state index < -0.39 is 6.04 Å². The van der Waals surface area contributed by atoms with Crippen molar-refractivity contribution in [1.82, 2.24) is 0 Å². The van der Waals surface area contributed by atoms with Gasteiger partial charge in [0.1, 0.15) is 0 Å². The van der Waals surface area contributed by atoms with E-state index in [1.807, 2.05) is 30.5 Å². The summed E-state index contributed by atoms with van der Waals surface area (Å²) in [5, 5.41) is 2.79. The van der Waals surface area contributed by atoms with E-state index in [-0.39, 0.29) is 5.91 Å². The number of carbonyl (C=O) groups is 1. The monoisotopic (exact) mass is 254 g/mol. The van der Waals surface area contributed by atoms with Crippen molar-refractivity contribution in [2.75, 3.05) is 25.3 Å². The Labute approximate surface area is 106 Å². The zero-order valence-electron chi connectivity index (χ0n) is 10.1. The quantitative estimate of drug-likeness (QED) is 0.759. The van der Waals surface area contributed by atoms with Gasteiger partial charge < -0.3 is 15.8 Å². The maximum atomic E-state index is 11.7. The molecule has 1 unspecified atom stereocenters. The normalized spacial score (nSPS) is 12.2. The van der Waals surface area contributed by atoms with E-state index in [0.29, 0.717) is 13.0 Å². The molecule has 0 saturated carbocycles. The lowest BCUT2D eigenvalue weighted by atomic mass is 10.2. The molecular weight excluding hydrogens is 236 g/mol. The van der Waals surface area contributed by atoms with Crippen LogP contribution in [0.25, 0.3) is 0 Å². The Hall–Kier alpha value is -1.04. The van der Waals surface area contributed by atoms with Crippen molar-refractivity contribution in [3.8, 4) is 0 Å². The first kappa shape index (κ1) is 14.0. The lowest BCUT2D eigenvalue weighted by molar-refractivity contribution is -0.117. The molecule has 0 saturated heterocycles. The maximum Gasteiger partial charge on any atom is 0.241 e. The number of benzene rings is 1. The second-order valence-electron chi connectivity index (χ2n) is 3.61. The minimum absolute atomic E-state index is 0.180. The van der Waals surface area contributed by atoms with Gasteiger partial charge in [0, 0.05) is 24.3 Å². The zero-order chi connectivity index (χ0) is 12.7. The molecular formula is C12H18N2O2S. The van der Waals surface area contributed by atoms with Crippen molar-refractivity contribution in [2.45, 2.75) is 17.4 Å². The first-order chi connectivity index (χ1) is 8.17. The van der Waals surface area contributed by atoms with Crippen LogP contribution < -0.4 is 11.1 Å². The van der Waals surface area contributed by atoms with Crippen molar-refractivity contribution in [2.24, 2.45) is 5.73 Å². The van der Waals surface area contributed by atoms with Gasteiger partial charge in [-0.1, -0.05) is 6.07 Å². The molecule has 1 atom stereocenters. The Morgan fingerprint density at radius 3 is 3.00 bits per heavy atom. The van der Waals surface area contributed by atoms with E-state index >= 15 is 0 Å². The molecule has 0 aliphatic heterocycles. The summed E-state index contributed by atoms with van der Waals surface area (Å²) in [7, 11) is 1.59. The van der Waals surface area contributed by atoms with Crippen LogP contribution in [0.15, 0.2) is 29.2 Å². The lowest BCUT2D eigenvalue weighted by Crippen LogP contribution is -2.36. The minimum Gasteiger partial charge on any atom is -0.385 e. The second-order valence-corrected chi connectivity index (χ2v) is 4.49. The molecule has 5 heteroatoms. The van der Waals surface area contributed by atoms with Crippen molar-refractivity contribution >= 4 is 23.4 Å². The molecule has 4 nitrogen and oxygen atoms in total. The van der Waals surface area contributed by atoms with Crippen molar-refractivity contribution in [3.05, 3.63) is 24.3 Å². The molecule has 1 rings (SSSR count). The second kappa shape index (κ2) is 7.32. The fourth-order valence-electron chi connectivity index (χ4n) is 1.31. The lowest BCUT2D eigenvalue weighted by Gasteiger charge is -2.12. The average molecular weight is 254 g/mol. The van der Waals surface area contributed by atoms with E-state index in [9.17, 15) is 4.79 Å². The van der Waals surface area contributed by atoms with Gasteiger partial charge in [0.25, 0.3) is 0 Å². The number of rotatable bonds is 6.